The number of amides is 2. The van der Waals surface area contributed by atoms with E-state index in [2.05, 4.69) is 30.7 Å². The zero-order chi connectivity index (χ0) is 29.0. The van der Waals surface area contributed by atoms with Crippen molar-refractivity contribution in [2.24, 2.45) is 0 Å². The van der Waals surface area contributed by atoms with Gasteiger partial charge in [-0.1, -0.05) is 102 Å². The lowest BCUT2D eigenvalue weighted by atomic mass is 10.1. The van der Waals surface area contributed by atoms with Crippen molar-refractivity contribution in [2.75, 3.05) is 13.2 Å². The van der Waals surface area contributed by atoms with Crippen LogP contribution in [-0.2, 0) is 17.8 Å². The van der Waals surface area contributed by atoms with Crippen molar-refractivity contribution in [1.82, 2.24) is 4.90 Å². The Balaban J connectivity index is 1.71. The second-order valence-electron chi connectivity index (χ2n) is 10.8. The van der Waals surface area contributed by atoms with E-state index in [0.717, 1.165) is 32.2 Å². The monoisotopic (exact) mass is 571 g/mol. The largest absolute Gasteiger partial charge is 0.492 e. The molecule has 0 saturated carbocycles. The van der Waals surface area contributed by atoms with Crippen LogP contribution in [0.5, 0.6) is 5.75 Å². The first-order chi connectivity index (χ1) is 19.5. The lowest BCUT2D eigenvalue weighted by Gasteiger charge is -2.19. The molecule has 222 valence electrons. The maximum atomic E-state index is 13.1. The van der Waals surface area contributed by atoms with Gasteiger partial charge < -0.3 is 4.74 Å². The van der Waals surface area contributed by atoms with Crippen LogP contribution >= 0.6 is 11.6 Å². The van der Waals surface area contributed by atoms with Gasteiger partial charge in [0.05, 0.1) is 11.6 Å². The van der Waals surface area contributed by atoms with E-state index in [1.807, 2.05) is 12.1 Å². The zero-order valence-corrected chi connectivity index (χ0v) is 26.0. The second-order valence-corrected chi connectivity index (χ2v) is 11.3. The fraction of sp³-hybridized carbons (Fsp3) is 0.618. The van der Waals surface area contributed by atoms with Gasteiger partial charge in [0.1, 0.15) is 12.3 Å². The van der Waals surface area contributed by atoms with Gasteiger partial charge in [-0.2, -0.15) is 0 Å². The van der Waals surface area contributed by atoms with Crippen molar-refractivity contribution in [1.29, 1.82) is 0 Å². The van der Waals surface area contributed by atoms with E-state index in [1.54, 1.807) is 18.2 Å². The Morgan fingerprint density at radius 1 is 0.825 bits per heavy atom. The molecule has 40 heavy (non-hydrogen) atoms. The maximum absolute atomic E-state index is 13.1. The summed E-state index contributed by atoms with van der Waals surface area (Å²) in [6, 6.07) is 11.2. The standard InChI is InChI=1S/C34H52ClN2O3/c1-4-6-7-8-9-10-11-12-13-14-15-18-27-40-33-23-22-30(28-32(33)35)34(39)37(29(3)38)26-19-21-31-20-16-17-25-36(31)24-5-2/h16-17,20,22-23,25,28H,4-15,18-19,21,24,26-27H2,1-3H3/q+1. The highest BCUT2D eigenvalue weighted by molar-refractivity contribution is 6.32. The van der Waals surface area contributed by atoms with Gasteiger partial charge in [-0.25, -0.2) is 4.57 Å². The lowest BCUT2D eigenvalue weighted by molar-refractivity contribution is -0.704. The van der Waals surface area contributed by atoms with Crippen molar-refractivity contribution in [3.63, 3.8) is 0 Å². The average molecular weight is 572 g/mol. The number of pyridine rings is 1. The van der Waals surface area contributed by atoms with Crippen molar-refractivity contribution >= 4 is 23.4 Å². The molecule has 2 amide bonds. The van der Waals surface area contributed by atoms with Gasteiger partial charge in [0.2, 0.25) is 5.91 Å². The van der Waals surface area contributed by atoms with Gasteiger partial charge >= 0.3 is 0 Å². The molecule has 0 aliphatic heterocycles. The highest BCUT2D eigenvalue weighted by Gasteiger charge is 2.21. The summed E-state index contributed by atoms with van der Waals surface area (Å²) in [4.78, 5) is 26.8. The van der Waals surface area contributed by atoms with Gasteiger partial charge in [0.15, 0.2) is 11.9 Å². The summed E-state index contributed by atoms with van der Waals surface area (Å²) in [5, 5.41) is 0.401. The third-order valence-corrected chi connectivity index (χ3v) is 7.67. The van der Waals surface area contributed by atoms with Crippen LogP contribution in [0.25, 0.3) is 0 Å². The molecule has 1 heterocycles. The van der Waals surface area contributed by atoms with Crippen LogP contribution in [0.15, 0.2) is 42.6 Å². The quantitative estimate of drug-likeness (QED) is 0.111. The SMILES string of the molecule is CCCCCCCCCCCCCCOc1ccc(C(=O)N(CCCc2cccc[n+]2CCC)C(C)=O)cc1Cl. The number of carbonyl (C=O) groups is 2. The number of halogens is 1. The van der Waals surface area contributed by atoms with Crippen molar-refractivity contribution < 1.29 is 18.9 Å². The first-order valence-corrected chi connectivity index (χ1v) is 16.1. The molecule has 2 aromatic rings. The number of rotatable bonds is 21. The van der Waals surface area contributed by atoms with Gasteiger partial charge in [-0.3, -0.25) is 14.5 Å². The van der Waals surface area contributed by atoms with E-state index < -0.39 is 0 Å². The van der Waals surface area contributed by atoms with Crippen LogP contribution in [0.4, 0.5) is 0 Å². The van der Waals surface area contributed by atoms with Crippen LogP contribution in [0.2, 0.25) is 5.02 Å². The molecule has 0 fully saturated rings. The normalized spacial score (nSPS) is 11.0. The Hall–Kier alpha value is -2.40. The molecule has 1 aromatic heterocycles. The average Bonchev–Trinajstić information content (AvgIpc) is 2.94. The number of imide groups is 1. The molecule has 6 heteroatoms. The Morgan fingerprint density at radius 2 is 1.48 bits per heavy atom. The highest BCUT2D eigenvalue weighted by atomic mass is 35.5. The smallest absolute Gasteiger partial charge is 0.260 e. The van der Waals surface area contributed by atoms with Crippen LogP contribution in [-0.4, -0.2) is 29.9 Å². The topological polar surface area (TPSA) is 50.5 Å². The lowest BCUT2D eigenvalue weighted by Crippen LogP contribution is -2.39. The Kier molecular flexibility index (Phi) is 17.3. The fourth-order valence-corrected chi connectivity index (χ4v) is 5.28. The summed E-state index contributed by atoms with van der Waals surface area (Å²) in [7, 11) is 0. The van der Waals surface area contributed by atoms with Crippen molar-refractivity contribution in [3.8, 4) is 5.75 Å². The molecular weight excluding hydrogens is 520 g/mol. The molecule has 0 atom stereocenters. The first-order valence-electron chi connectivity index (χ1n) is 15.7. The number of ether oxygens (including phenoxy) is 1. The summed E-state index contributed by atoms with van der Waals surface area (Å²) in [5.41, 5.74) is 1.61. The Labute approximate surface area is 248 Å². The van der Waals surface area contributed by atoms with E-state index in [4.69, 9.17) is 16.3 Å². The summed E-state index contributed by atoms with van der Waals surface area (Å²) < 4.78 is 8.12. The van der Waals surface area contributed by atoms with E-state index in [0.29, 0.717) is 35.9 Å². The predicted molar refractivity (Wildman–Crippen MR) is 165 cm³/mol. The predicted octanol–water partition coefficient (Wildman–Crippen LogP) is 8.74. The first kappa shape index (κ1) is 33.8. The minimum Gasteiger partial charge on any atom is -0.492 e. The molecular formula is C34H52ClN2O3+. The van der Waals surface area contributed by atoms with Gasteiger partial charge in [-0.15, -0.1) is 0 Å². The van der Waals surface area contributed by atoms with Gasteiger partial charge in [0.25, 0.3) is 5.91 Å². The molecule has 1 aromatic carbocycles. The molecule has 0 N–H and O–H groups in total. The number of unbranched alkanes of at least 4 members (excludes halogenated alkanes) is 11. The minimum atomic E-state index is -0.323. The van der Waals surface area contributed by atoms with Crippen molar-refractivity contribution in [3.05, 3.63) is 58.9 Å². The number of hydrogen-bond acceptors (Lipinski definition) is 3. The van der Waals surface area contributed by atoms with Crippen molar-refractivity contribution in [2.45, 2.75) is 124 Å². The molecule has 0 unspecified atom stereocenters. The summed E-state index contributed by atoms with van der Waals surface area (Å²) >= 11 is 6.46. The van der Waals surface area contributed by atoms with Crippen LogP contribution in [0, 0.1) is 0 Å². The van der Waals surface area contributed by atoms with Crippen LogP contribution in [0.1, 0.15) is 127 Å². The molecule has 2 rings (SSSR count). The second kappa shape index (κ2) is 20.5. The van der Waals surface area contributed by atoms with E-state index >= 15 is 0 Å². The summed E-state index contributed by atoms with van der Waals surface area (Å²) in [6.07, 6.45) is 20.2. The number of aryl methyl sites for hydroxylation is 2. The molecule has 0 spiro atoms. The molecule has 0 bridgehead atoms. The third-order valence-electron chi connectivity index (χ3n) is 7.37. The van der Waals surface area contributed by atoms with Gasteiger partial charge in [0, 0.05) is 44.0 Å². The number of aromatic nitrogens is 1. The molecule has 0 aliphatic rings. The highest BCUT2D eigenvalue weighted by Crippen LogP contribution is 2.26. The number of carbonyl (C=O) groups excluding carboxylic acids is 2. The van der Waals surface area contributed by atoms with E-state index in [1.165, 1.54) is 81.7 Å². The van der Waals surface area contributed by atoms with Crippen LogP contribution in [0.3, 0.4) is 0 Å². The zero-order valence-electron chi connectivity index (χ0n) is 25.3. The summed E-state index contributed by atoms with van der Waals surface area (Å²) in [6.45, 7) is 7.79. The molecule has 0 saturated heterocycles. The molecule has 5 nitrogen and oxygen atoms in total. The van der Waals surface area contributed by atoms with E-state index in [-0.39, 0.29) is 11.8 Å². The maximum Gasteiger partial charge on any atom is 0.260 e. The molecule has 0 radical (unpaired) electrons. The third kappa shape index (κ3) is 12.8. The fourth-order valence-electron chi connectivity index (χ4n) is 5.05. The molecule has 0 aliphatic carbocycles. The van der Waals surface area contributed by atoms with Crippen LogP contribution < -0.4 is 9.30 Å². The number of benzene rings is 1. The minimum absolute atomic E-state index is 0.261. The summed E-state index contributed by atoms with van der Waals surface area (Å²) in [5.74, 6) is -0.000421. The van der Waals surface area contributed by atoms with Gasteiger partial charge in [-0.05, 0) is 31.0 Å². The van der Waals surface area contributed by atoms with E-state index in [9.17, 15) is 9.59 Å². The number of nitrogens with zero attached hydrogens (tertiary/aromatic N) is 2. The Bertz CT molecular complexity index is 1010. The number of hydrogen-bond donors (Lipinski definition) is 0. The Morgan fingerprint density at radius 3 is 2.08 bits per heavy atom.